The summed E-state index contributed by atoms with van der Waals surface area (Å²) in [4.78, 5) is 40.1. The molecule has 0 saturated carbocycles. The number of ketones is 1. The lowest BCUT2D eigenvalue weighted by Gasteiger charge is -2.26. The van der Waals surface area contributed by atoms with Crippen LogP contribution in [0.3, 0.4) is 0 Å². The highest BCUT2D eigenvalue weighted by molar-refractivity contribution is 6.51. The minimum Gasteiger partial charge on any atom is -0.507 e. The molecule has 1 heterocycles. The molecule has 0 aromatic heterocycles. The summed E-state index contributed by atoms with van der Waals surface area (Å²) in [5, 5.41) is 11.6. The van der Waals surface area contributed by atoms with E-state index < -0.39 is 23.7 Å². The average molecular weight is 530 g/mol. The monoisotopic (exact) mass is 529 g/mol. The van der Waals surface area contributed by atoms with Gasteiger partial charge in [0.2, 0.25) is 0 Å². The van der Waals surface area contributed by atoms with Crippen molar-refractivity contribution < 1.29 is 33.7 Å². The van der Waals surface area contributed by atoms with Crippen LogP contribution in [-0.2, 0) is 14.4 Å². The van der Waals surface area contributed by atoms with Gasteiger partial charge in [0.1, 0.15) is 23.0 Å². The topological polar surface area (TPSA) is 102 Å². The Balaban J connectivity index is 1.96. The molecule has 1 aliphatic rings. The molecule has 1 aliphatic heterocycles. The van der Waals surface area contributed by atoms with Gasteiger partial charge in [-0.2, -0.15) is 0 Å². The van der Waals surface area contributed by atoms with E-state index in [0.29, 0.717) is 36.0 Å². The molecule has 1 saturated heterocycles. The number of hydrogen-bond acceptors (Lipinski definition) is 7. The molecule has 4 rings (SSSR count). The number of carbonyl (C=O) groups excluding carboxylic acids is 3. The molecule has 1 atom stereocenters. The number of anilines is 1. The van der Waals surface area contributed by atoms with Crippen LogP contribution in [0.1, 0.15) is 49.1 Å². The van der Waals surface area contributed by atoms with Crippen LogP contribution in [-0.4, -0.2) is 36.0 Å². The van der Waals surface area contributed by atoms with Crippen molar-refractivity contribution in [1.82, 2.24) is 0 Å². The molecule has 8 heteroatoms. The molecule has 1 amide bonds. The number of aliphatic hydroxyl groups is 1. The maximum absolute atomic E-state index is 13.6. The first kappa shape index (κ1) is 27.4. The van der Waals surface area contributed by atoms with Gasteiger partial charge in [0.05, 0.1) is 30.4 Å². The first-order chi connectivity index (χ1) is 18.7. The van der Waals surface area contributed by atoms with Gasteiger partial charge in [0.15, 0.2) is 0 Å². The van der Waals surface area contributed by atoms with Crippen LogP contribution < -0.4 is 19.1 Å². The van der Waals surface area contributed by atoms with Crippen LogP contribution in [0.25, 0.3) is 5.76 Å². The molecule has 3 aromatic rings. The van der Waals surface area contributed by atoms with Crippen LogP contribution in [0.15, 0.2) is 66.2 Å². The van der Waals surface area contributed by atoms with Gasteiger partial charge in [-0.1, -0.05) is 18.2 Å². The Morgan fingerprint density at radius 2 is 1.64 bits per heavy atom. The lowest BCUT2D eigenvalue weighted by Crippen LogP contribution is -2.29. The van der Waals surface area contributed by atoms with Crippen molar-refractivity contribution in [2.24, 2.45) is 0 Å². The van der Waals surface area contributed by atoms with Gasteiger partial charge in [-0.15, -0.1) is 0 Å². The summed E-state index contributed by atoms with van der Waals surface area (Å²) in [5.41, 5.74) is 3.09. The molecule has 1 N–H and O–H groups in total. The van der Waals surface area contributed by atoms with Crippen LogP contribution in [0.4, 0.5) is 5.69 Å². The van der Waals surface area contributed by atoms with Gasteiger partial charge < -0.3 is 19.3 Å². The van der Waals surface area contributed by atoms with Crippen LogP contribution in [0.2, 0.25) is 0 Å². The van der Waals surface area contributed by atoms with Crippen LogP contribution in [0.5, 0.6) is 17.2 Å². The summed E-state index contributed by atoms with van der Waals surface area (Å²) in [6, 6.07) is 15.9. The third kappa shape index (κ3) is 5.50. The molecule has 0 aliphatic carbocycles. The number of ether oxygens (including phenoxy) is 3. The van der Waals surface area contributed by atoms with Crippen molar-refractivity contribution in [2.45, 2.75) is 40.7 Å². The summed E-state index contributed by atoms with van der Waals surface area (Å²) in [5.74, 6) is -1.41. The van der Waals surface area contributed by atoms with E-state index in [4.69, 9.17) is 14.2 Å². The molecular formula is C31H31NO7. The third-order valence-corrected chi connectivity index (χ3v) is 6.47. The number of amides is 1. The third-order valence-electron chi connectivity index (χ3n) is 6.47. The Kier molecular flexibility index (Phi) is 8.04. The molecule has 0 spiro atoms. The molecule has 0 radical (unpaired) electrons. The second kappa shape index (κ2) is 11.4. The predicted octanol–water partition coefficient (Wildman–Crippen LogP) is 5.65. The zero-order chi connectivity index (χ0) is 28.3. The second-order valence-corrected chi connectivity index (χ2v) is 9.13. The Bertz CT molecular complexity index is 1470. The Morgan fingerprint density at radius 1 is 0.897 bits per heavy atom. The quantitative estimate of drug-likeness (QED) is 0.132. The number of aliphatic hydroxyl groups excluding tert-OH is 1. The highest BCUT2D eigenvalue weighted by atomic mass is 16.5. The normalized spacial score (nSPS) is 16.3. The largest absolute Gasteiger partial charge is 0.507 e. The van der Waals surface area contributed by atoms with Crippen molar-refractivity contribution in [1.29, 1.82) is 0 Å². The van der Waals surface area contributed by atoms with E-state index >= 15 is 0 Å². The standard InChI is InChI=1S/C31H31NO7/c1-6-37-23-13-14-25(26(17-23)38-7-2)29(34)27-28(21-9-8-10-24(16-21)39-20(5)33)32(31(36)30(27)35)22-12-11-18(3)19(4)15-22/h8-17,28,34H,6-7H2,1-5H3/b29-27+. The molecule has 1 unspecified atom stereocenters. The fourth-order valence-corrected chi connectivity index (χ4v) is 4.58. The van der Waals surface area contributed by atoms with Crippen LogP contribution >= 0.6 is 0 Å². The number of hydrogen-bond donors (Lipinski definition) is 1. The number of nitrogens with zero attached hydrogens (tertiary/aromatic N) is 1. The number of rotatable bonds is 8. The minimum atomic E-state index is -0.997. The van der Waals surface area contributed by atoms with Gasteiger partial charge in [0, 0.05) is 18.7 Å². The SMILES string of the molecule is CCOc1ccc(/C(O)=C2\C(=O)C(=O)N(c3ccc(C)c(C)c3)C2c2cccc(OC(C)=O)c2)c(OCC)c1. The second-order valence-electron chi connectivity index (χ2n) is 9.13. The lowest BCUT2D eigenvalue weighted by molar-refractivity contribution is -0.132. The lowest BCUT2D eigenvalue weighted by atomic mass is 9.94. The smallest absolute Gasteiger partial charge is 0.308 e. The van der Waals surface area contributed by atoms with E-state index in [1.807, 2.05) is 32.9 Å². The first-order valence-corrected chi connectivity index (χ1v) is 12.7. The van der Waals surface area contributed by atoms with Crippen molar-refractivity contribution in [2.75, 3.05) is 18.1 Å². The highest BCUT2D eigenvalue weighted by Gasteiger charge is 2.47. The summed E-state index contributed by atoms with van der Waals surface area (Å²) in [6.07, 6.45) is 0. The number of aryl methyl sites for hydroxylation is 2. The predicted molar refractivity (Wildman–Crippen MR) is 147 cm³/mol. The van der Waals surface area contributed by atoms with Crippen molar-refractivity contribution in [3.05, 3.63) is 88.5 Å². The summed E-state index contributed by atoms with van der Waals surface area (Å²) >= 11 is 0. The Hall–Kier alpha value is -4.59. The molecular weight excluding hydrogens is 498 g/mol. The Labute approximate surface area is 227 Å². The average Bonchev–Trinajstić information content (AvgIpc) is 3.16. The van der Waals surface area contributed by atoms with E-state index in [9.17, 15) is 19.5 Å². The summed E-state index contributed by atoms with van der Waals surface area (Å²) in [7, 11) is 0. The maximum atomic E-state index is 13.6. The number of esters is 1. The Morgan fingerprint density at radius 3 is 2.31 bits per heavy atom. The fourth-order valence-electron chi connectivity index (χ4n) is 4.58. The maximum Gasteiger partial charge on any atom is 0.308 e. The van der Waals surface area contributed by atoms with Gasteiger partial charge in [-0.3, -0.25) is 19.3 Å². The van der Waals surface area contributed by atoms with E-state index in [-0.39, 0.29) is 22.6 Å². The molecule has 39 heavy (non-hydrogen) atoms. The molecule has 8 nitrogen and oxygen atoms in total. The van der Waals surface area contributed by atoms with Gasteiger partial charge in [-0.25, -0.2) is 0 Å². The zero-order valence-electron chi connectivity index (χ0n) is 22.6. The first-order valence-electron chi connectivity index (χ1n) is 12.7. The molecule has 3 aromatic carbocycles. The summed E-state index contributed by atoms with van der Waals surface area (Å²) in [6.45, 7) is 9.56. The van der Waals surface area contributed by atoms with Crippen molar-refractivity contribution >= 4 is 29.1 Å². The number of benzene rings is 3. The van der Waals surface area contributed by atoms with Gasteiger partial charge in [-0.05, 0) is 80.8 Å². The van der Waals surface area contributed by atoms with E-state index in [1.165, 1.54) is 11.8 Å². The molecule has 202 valence electrons. The molecule has 0 bridgehead atoms. The minimum absolute atomic E-state index is 0.108. The number of Topliss-reactive ketones (excluding diaryl/α,β-unsaturated/α-hetero) is 1. The molecule has 1 fully saturated rings. The van der Waals surface area contributed by atoms with E-state index in [0.717, 1.165) is 11.1 Å². The van der Waals surface area contributed by atoms with Crippen LogP contribution in [0, 0.1) is 13.8 Å². The van der Waals surface area contributed by atoms with Gasteiger partial charge in [0.25, 0.3) is 11.7 Å². The van der Waals surface area contributed by atoms with Gasteiger partial charge >= 0.3 is 5.97 Å². The summed E-state index contributed by atoms with van der Waals surface area (Å²) < 4.78 is 16.6. The zero-order valence-corrected chi connectivity index (χ0v) is 22.6. The number of carbonyl (C=O) groups is 3. The van der Waals surface area contributed by atoms with E-state index in [1.54, 1.807) is 55.5 Å². The fraction of sp³-hybridized carbons (Fsp3) is 0.258. The van der Waals surface area contributed by atoms with Crippen molar-refractivity contribution in [3.8, 4) is 17.2 Å². The van der Waals surface area contributed by atoms with E-state index in [2.05, 4.69) is 0 Å². The van der Waals surface area contributed by atoms with Crippen molar-refractivity contribution in [3.63, 3.8) is 0 Å². The highest BCUT2D eigenvalue weighted by Crippen LogP contribution is 2.44.